The zero-order valence-electron chi connectivity index (χ0n) is 18.3. The summed E-state index contributed by atoms with van der Waals surface area (Å²) in [5.41, 5.74) is 2.99. The third-order valence-corrected chi connectivity index (χ3v) is 6.54. The molecule has 34 heavy (non-hydrogen) atoms. The van der Waals surface area contributed by atoms with Crippen LogP contribution < -0.4 is 10.6 Å². The predicted octanol–water partition coefficient (Wildman–Crippen LogP) is 3.84. The Bertz CT molecular complexity index is 1260. The van der Waals surface area contributed by atoms with Crippen molar-refractivity contribution < 1.29 is 19.1 Å². The summed E-state index contributed by atoms with van der Waals surface area (Å²) < 4.78 is 14.0. The van der Waals surface area contributed by atoms with Gasteiger partial charge in [0.25, 0.3) is 0 Å². The van der Waals surface area contributed by atoms with Crippen LogP contribution in [0.4, 0.5) is 14.3 Å². The van der Waals surface area contributed by atoms with Crippen LogP contribution in [-0.2, 0) is 11.2 Å². The number of hydrogen-bond donors (Lipinski definition) is 3. The van der Waals surface area contributed by atoms with Crippen LogP contribution in [-0.4, -0.2) is 57.7 Å². The van der Waals surface area contributed by atoms with E-state index >= 15 is 0 Å². The molecule has 0 unspecified atom stereocenters. The minimum absolute atomic E-state index is 0.158. The number of pyridine rings is 1. The van der Waals surface area contributed by atoms with E-state index in [9.17, 15) is 19.1 Å². The van der Waals surface area contributed by atoms with Crippen LogP contribution in [0.5, 0.6) is 0 Å². The van der Waals surface area contributed by atoms with E-state index in [-0.39, 0.29) is 24.3 Å². The van der Waals surface area contributed by atoms with Gasteiger partial charge in [-0.25, -0.2) is 14.2 Å². The van der Waals surface area contributed by atoms with E-state index in [1.165, 1.54) is 30.4 Å². The number of benzene rings is 1. The number of carbonyl (C=O) groups excluding carboxylic acids is 2. The van der Waals surface area contributed by atoms with Crippen molar-refractivity contribution in [3.63, 3.8) is 0 Å². The summed E-state index contributed by atoms with van der Waals surface area (Å²) in [4.78, 5) is 34.1. The topological polar surface area (TPSA) is 107 Å². The number of fused-ring (bicyclic) bond motifs is 1. The Balaban J connectivity index is 1.36. The predicted molar refractivity (Wildman–Crippen MR) is 130 cm³/mol. The maximum Gasteiger partial charge on any atom is 0.323 e. The van der Waals surface area contributed by atoms with Gasteiger partial charge in [-0.3, -0.25) is 15.1 Å². The fourth-order valence-corrected chi connectivity index (χ4v) is 4.81. The molecule has 1 aliphatic heterocycles. The van der Waals surface area contributed by atoms with Gasteiger partial charge in [-0.15, -0.1) is 0 Å². The molecule has 1 atom stereocenters. The van der Waals surface area contributed by atoms with Crippen LogP contribution >= 0.6 is 22.9 Å². The van der Waals surface area contributed by atoms with Gasteiger partial charge in [0.15, 0.2) is 5.13 Å². The van der Waals surface area contributed by atoms with Gasteiger partial charge in [-0.05, 0) is 41.8 Å². The number of amides is 3. The van der Waals surface area contributed by atoms with Crippen LogP contribution in [0.3, 0.4) is 0 Å². The molecule has 3 amide bonds. The highest BCUT2D eigenvalue weighted by atomic mass is 35.5. The maximum atomic E-state index is 13.4. The molecule has 4 rings (SSSR count). The number of aromatic nitrogens is 2. The van der Waals surface area contributed by atoms with Crippen molar-refractivity contribution in [1.29, 1.82) is 0 Å². The Morgan fingerprint density at radius 2 is 2.18 bits per heavy atom. The largest absolute Gasteiger partial charge is 0.391 e. The Morgan fingerprint density at radius 1 is 1.35 bits per heavy atom. The molecule has 3 aromatic rings. The van der Waals surface area contributed by atoms with Crippen molar-refractivity contribution in [2.75, 3.05) is 25.0 Å². The number of anilines is 1. The summed E-state index contributed by atoms with van der Waals surface area (Å²) >= 11 is 7.67. The highest BCUT2D eigenvalue weighted by Crippen LogP contribution is 2.29. The monoisotopic (exact) mass is 503 g/mol. The van der Waals surface area contributed by atoms with Crippen molar-refractivity contribution in [3.05, 3.63) is 58.6 Å². The van der Waals surface area contributed by atoms with Crippen LogP contribution in [0, 0.1) is 5.82 Å². The molecule has 0 saturated carbocycles. The van der Waals surface area contributed by atoms with Crippen molar-refractivity contribution in [3.8, 4) is 0 Å². The second-order valence-electron chi connectivity index (χ2n) is 7.96. The molecular formula is C23H23ClFN5O3S. The summed E-state index contributed by atoms with van der Waals surface area (Å²) in [5.74, 6) is -0.544. The van der Waals surface area contributed by atoms with Gasteiger partial charge >= 0.3 is 6.03 Å². The number of aliphatic hydroxyl groups excluding tert-OH is 1. The highest BCUT2D eigenvalue weighted by molar-refractivity contribution is 7.22. The smallest absolute Gasteiger partial charge is 0.323 e. The summed E-state index contributed by atoms with van der Waals surface area (Å²) in [7, 11) is 0. The molecule has 3 heterocycles. The Labute approximate surface area is 204 Å². The summed E-state index contributed by atoms with van der Waals surface area (Å²) in [5, 5.41) is 16.3. The van der Waals surface area contributed by atoms with E-state index in [1.807, 2.05) is 6.08 Å². The number of thiazole rings is 1. The van der Waals surface area contributed by atoms with Crippen molar-refractivity contribution >= 4 is 55.8 Å². The summed E-state index contributed by atoms with van der Waals surface area (Å²) in [6, 6.07) is 5.79. The average Bonchev–Trinajstić information content (AvgIpc) is 3.19. The second kappa shape index (κ2) is 10.5. The molecule has 178 valence electrons. The molecule has 0 fully saturated rings. The third kappa shape index (κ3) is 5.88. The quantitative estimate of drug-likeness (QED) is 0.473. The molecule has 8 nitrogen and oxygen atoms in total. The van der Waals surface area contributed by atoms with Gasteiger partial charge in [-0.2, -0.15) is 0 Å². The first kappa shape index (κ1) is 24.1. The summed E-state index contributed by atoms with van der Waals surface area (Å²) in [6.45, 7) is 2.42. The highest BCUT2D eigenvalue weighted by Gasteiger charge is 2.21. The lowest BCUT2D eigenvalue weighted by Crippen LogP contribution is -2.37. The van der Waals surface area contributed by atoms with E-state index in [0.717, 1.165) is 11.1 Å². The number of nitrogens with zero attached hydrogens (tertiary/aromatic N) is 3. The standard InChI is InChI=1S/C23H23ClFN5O3S/c1-13(31)26-12-17(32)8-14-9-18(24)21(27-11-14)15-4-6-30(7-5-15)23(33)29-22-28-19-3-2-16(25)10-20(19)34-22/h2-4,9-11,17,32H,5-8,12H2,1H3,(H,26,31)(H,28,29,33)/t17-/m0/s1. The average molecular weight is 504 g/mol. The Hall–Kier alpha value is -3.08. The lowest BCUT2D eigenvalue weighted by molar-refractivity contribution is -0.119. The normalized spacial score (nSPS) is 14.6. The van der Waals surface area contributed by atoms with Gasteiger partial charge in [0.1, 0.15) is 5.82 Å². The zero-order valence-corrected chi connectivity index (χ0v) is 19.9. The number of urea groups is 1. The van der Waals surface area contributed by atoms with Crippen LogP contribution in [0.15, 0.2) is 36.5 Å². The van der Waals surface area contributed by atoms with E-state index in [0.29, 0.717) is 52.0 Å². The SMILES string of the molecule is CC(=O)NC[C@@H](O)Cc1cnc(C2=CCN(C(=O)Nc3nc4ccc(F)cc4s3)CC2)c(Cl)c1. The fourth-order valence-electron chi connectivity index (χ4n) is 3.62. The van der Waals surface area contributed by atoms with Crippen LogP contribution in [0.2, 0.25) is 5.02 Å². The Morgan fingerprint density at radius 3 is 2.88 bits per heavy atom. The van der Waals surface area contributed by atoms with E-state index in [4.69, 9.17) is 11.6 Å². The fraction of sp³-hybridized carbons (Fsp3) is 0.304. The van der Waals surface area contributed by atoms with Gasteiger partial charge in [0, 0.05) is 39.2 Å². The van der Waals surface area contributed by atoms with Crippen LogP contribution in [0.25, 0.3) is 15.8 Å². The van der Waals surface area contributed by atoms with Gasteiger partial charge in [-0.1, -0.05) is 29.0 Å². The molecule has 3 N–H and O–H groups in total. The van der Waals surface area contributed by atoms with E-state index < -0.39 is 6.10 Å². The Kier molecular flexibility index (Phi) is 7.40. The van der Waals surface area contributed by atoms with Gasteiger partial charge < -0.3 is 15.3 Å². The first-order valence-corrected chi connectivity index (χ1v) is 11.9. The number of nitrogens with one attached hydrogen (secondary N) is 2. The molecule has 2 aromatic heterocycles. The molecule has 0 radical (unpaired) electrons. The zero-order chi connectivity index (χ0) is 24.2. The molecule has 1 aromatic carbocycles. The molecule has 0 spiro atoms. The third-order valence-electron chi connectivity index (χ3n) is 5.32. The second-order valence-corrected chi connectivity index (χ2v) is 9.39. The van der Waals surface area contributed by atoms with E-state index in [1.54, 1.807) is 23.2 Å². The lowest BCUT2D eigenvalue weighted by Gasteiger charge is -2.26. The molecule has 0 saturated heterocycles. The van der Waals surface area contributed by atoms with Gasteiger partial charge in [0.2, 0.25) is 5.91 Å². The number of rotatable bonds is 6. The molecular weight excluding hydrogens is 481 g/mol. The number of hydrogen-bond acceptors (Lipinski definition) is 6. The van der Waals surface area contributed by atoms with Crippen molar-refractivity contribution in [2.24, 2.45) is 0 Å². The number of carbonyl (C=O) groups is 2. The van der Waals surface area contributed by atoms with E-state index in [2.05, 4.69) is 20.6 Å². The lowest BCUT2D eigenvalue weighted by atomic mass is 10.0. The summed E-state index contributed by atoms with van der Waals surface area (Å²) in [6.07, 6.45) is 3.74. The van der Waals surface area contributed by atoms with Crippen molar-refractivity contribution in [1.82, 2.24) is 20.2 Å². The molecule has 1 aliphatic rings. The maximum absolute atomic E-state index is 13.4. The first-order valence-electron chi connectivity index (χ1n) is 10.7. The first-order chi connectivity index (χ1) is 16.3. The van der Waals surface area contributed by atoms with Crippen LogP contribution in [0.1, 0.15) is 24.6 Å². The molecule has 11 heteroatoms. The number of aliphatic hydroxyl groups is 1. The molecule has 0 aliphatic carbocycles. The van der Waals surface area contributed by atoms with Gasteiger partial charge in [0.05, 0.1) is 27.0 Å². The molecule has 0 bridgehead atoms. The minimum Gasteiger partial charge on any atom is -0.391 e. The number of halogens is 2. The van der Waals surface area contributed by atoms with Crippen molar-refractivity contribution in [2.45, 2.75) is 25.9 Å². The minimum atomic E-state index is -0.733.